The van der Waals surface area contributed by atoms with Gasteiger partial charge in [-0.05, 0) is 30.2 Å². The van der Waals surface area contributed by atoms with E-state index in [-0.39, 0.29) is 0 Å². The molecule has 2 aromatic rings. The SMILES string of the molecule is CCN1/C(=N\N=C2\Cc3ccccc3N2C)Cc2ccccc21. The molecule has 0 radical (unpaired) electrons. The molecule has 0 atom stereocenters. The van der Waals surface area contributed by atoms with Crippen LogP contribution in [0.4, 0.5) is 11.4 Å². The standard InChI is InChI=1S/C19H20N4/c1-3-23-17-11-7-5-9-15(17)13-19(23)21-20-18-12-14-8-4-6-10-16(14)22(18)2/h4-11H,3,12-13H2,1-2H3/b20-18-,21-19-. The summed E-state index contributed by atoms with van der Waals surface area (Å²) in [5, 5.41) is 9.17. The third-order valence-electron chi connectivity index (χ3n) is 4.63. The van der Waals surface area contributed by atoms with Crippen molar-refractivity contribution in [3.05, 3.63) is 59.7 Å². The Balaban J connectivity index is 1.63. The smallest absolute Gasteiger partial charge is 0.136 e. The monoisotopic (exact) mass is 304 g/mol. The predicted octanol–water partition coefficient (Wildman–Crippen LogP) is 3.47. The fourth-order valence-corrected chi connectivity index (χ4v) is 3.40. The summed E-state index contributed by atoms with van der Waals surface area (Å²) in [6.45, 7) is 3.07. The molecular formula is C19H20N4. The lowest BCUT2D eigenvalue weighted by Gasteiger charge is -2.17. The van der Waals surface area contributed by atoms with Gasteiger partial charge in [0.1, 0.15) is 11.7 Å². The first-order valence-corrected chi connectivity index (χ1v) is 8.08. The van der Waals surface area contributed by atoms with E-state index in [0.717, 1.165) is 31.1 Å². The first-order valence-electron chi connectivity index (χ1n) is 8.08. The summed E-state index contributed by atoms with van der Waals surface area (Å²) in [6, 6.07) is 16.9. The van der Waals surface area contributed by atoms with Crippen LogP contribution in [0.5, 0.6) is 0 Å². The van der Waals surface area contributed by atoms with Gasteiger partial charge in [0.25, 0.3) is 0 Å². The third kappa shape index (κ3) is 2.31. The Kier molecular flexibility index (Phi) is 3.37. The van der Waals surface area contributed by atoms with Crippen molar-refractivity contribution in [2.75, 3.05) is 23.4 Å². The van der Waals surface area contributed by atoms with Gasteiger partial charge in [-0.15, -0.1) is 10.2 Å². The summed E-state index contributed by atoms with van der Waals surface area (Å²) in [5.74, 6) is 2.04. The number of nitrogens with zero attached hydrogens (tertiary/aromatic N) is 4. The lowest BCUT2D eigenvalue weighted by Crippen LogP contribution is -2.27. The molecule has 0 saturated carbocycles. The first-order chi connectivity index (χ1) is 11.3. The van der Waals surface area contributed by atoms with Gasteiger partial charge in [0.15, 0.2) is 0 Å². The Morgan fingerprint density at radius 1 is 0.826 bits per heavy atom. The predicted molar refractivity (Wildman–Crippen MR) is 96.6 cm³/mol. The Bertz CT molecular complexity index is 807. The Hall–Kier alpha value is -2.62. The van der Waals surface area contributed by atoms with Gasteiger partial charge in [0.05, 0.1) is 0 Å². The number of anilines is 2. The maximum atomic E-state index is 4.59. The highest BCUT2D eigenvalue weighted by atomic mass is 15.4. The zero-order valence-electron chi connectivity index (χ0n) is 13.5. The molecule has 4 nitrogen and oxygen atoms in total. The van der Waals surface area contributed by atoms with Crippen molar-refractivity contribution < 1.29 is 0 Å². The van der Waals surface area contributed by atoms with Crippen molar-refractivity contribution in [2.24, 2.45) is 10.2 Å². The van der Waals surface area contributed by atoms with Crippen LogP contribution in [0.3, 0.4) is 0 Å². The molecular weight excluding hydrogens is 284 g/mol. The minimum Gasteiger partial charge on any atom is -0.331 e. The zero-order chi connectivity index (χ0) is 15.8. The summed E-state index contributed by atoms with van der Waals surface area (Å²) in [7, 11) is 2.06. The quantitative estimate of drug-likeness (QED) is 0.796. The first kappa shape index (κ1) is 14.0. The summed E-state index contributed by atoms with van der Waals surface area (Å²) in [6.07, 6.45) is 1.71. The van der Waals surface area contributed by atoms with Crippen LogP contribution in [-0.2, 0) is 12.8 Å². The topological polar surface area (TPSA) is 31.2 Å². The van der Waals surface area contributed by atoms with Crippen molar-refractivity contribution in [3.63, 3.8) is 0 Å². The normalized spacial score (nSPS) is 19.6. The molecule has 0 fully saturated rings. The number of fused-ring (bicyclic) bond motifs is 2. The molecule has 0 bridgehead atoms. The van der Waals surface area contributed by atoms with Crippen molar-refractivity contribution in [1.29, 1.82) is 0 Å². The minimum atomic E-state index is 0.850. The van der Waals surface area contributed by atoms with Crippen molar-refractivity contribution in [3.8, 4) is 0 Å². The molecule has 2 aliphatic rings. The molecule has 0 N–H and O–H groups in total. The maximum absolute atomic E-state index is 4.59. The van der Waals surface area contributed by atoms with Crippen LogP contribution < -0.4 is 9.80 Å². The largest absolute Gasteiger partial charge is 0.331 e. The second-order valence-electron chi connectivity index (χ2n) is 5.95. The lowest BCUT2D eigenvalue weighted by atomic mass is 10.2. The molecule has 0 unspecified atom stereocenters. The Morgan fingerprint density at radius 2 is 1.39 bits per heavy atom. The van der Waals surface area contributed by atoms with Crippen LogP contribution >= 0.6 is 0 Å². The Labute approximate surface area is 136 Å². The number of hydrogen-bond donors (Lipinski definition) is 0. The van der Waals surface area contributed by atoms with Crippen LogP contribution in [0.15, 0.2) is 58.7 Å². The van der Waals surface area contributed by atoms with Gasteiger partial charge < -0.3 is 9.80 Å². The van der Waals surface area contributed by atoms with Gasteiger partial charge >= 0.3 is 0 Å². The Morgan fingerprint density at radius 3 is 2.09 bits per heavy atom. The maximum Gasteiger partial charge on any atom is 0.136 e. The summed E-state index contributed by atoms with van der Waals surface area (Å²) in [5.41, 5.74) is 5.14. The van der Waals surface area contributed by atoms with Crippen LogP contribution in [0.2, 0.25) is 0 Å². The fraction of sp³-hybridized carbons (Fsp3) is 0.263. The summed E-state index contributed by atoms with van der Waals surface area (Å²) < 4.78 is 0. The van der Waals surface area contributed by atoms with E-state index in [1.54, 1.807) is 0 Å². The van der Waals surface area contributed by atoms with Gasteiger partial charge in [-0.2, -0.15) is 0 Å². The highest BCUT2D eigenvalue weighted by molar-refractivity contribution is 6.07. The summed E-state index contributed by atoms with van der Waals surface area (Å²) >= 11 is 0. The number of benzene rings is 2. The van der Waals surface area contributed by atoms with Crippen LogP contribution in [0.1, 0.15) is 18.1 Å². The molecule has 0 aromatic heterocycles. The van der Waals surface area contributed by atoms with E-state index in [0.29, 0.717) is 0 Å². The van der Waals surface area contributed by atoms with Gasteiger partial charge in [-0.1, -0.05) is 36.4 Å². The molecule has 0 spiro atoms. The van der Waals surface area contributed by atoms with Crippen LogP contribution in [0, 0.1) is 0 Å². The van der Waals surface area contributed by atoms with E-state index in [1.807, 2.05) is 0 Å². The summed E-state index contributed by atoms with van der Waals surface area (Å²) in [4.78, 5) is 4.39. The molecule has 23 heavy (non-hydrogen) atoms. The average molecular weight is 304 g/mol. The minimum absolute atomic E-state index is 0.850. The number of amidine groups is 2. The number of likely N-dealkylation sites (N-methyl/N-ethyl adjacent to an activating group) is 2. The third-order valence-corrected chi connectivity index (χ3v) is 4.63. The molecule has 116 valence electrons. The second kappa shape index (κ2) is 5.54. The van der Waals surface area contributed by atoms with E-state index in [4.69, 9.17) is 0 Å². The van der Waals surface area contributed by atoms with E-state index >= 15 is 0 Å². The van der Waals surface area contributed by atoms with E-state index in [1.165, 1.54) is 22.5 Å². The molecule has 4 heteroatoms. The van der Waals surface area contributed by atoms with Gasteiger partial charge in [0.2, 0.25) is 0 Å². The molecule has 0 amide bonds. The van der Waals surface area contributed by atoms with Crippen molar-refractivity contribution >= 4 is 23.0 Å². The highest BCUT2D eigenvalue weighted by Crippen LogP contribution is 2.30. The molecule has 4 rings (SSSR count). The van der Waals surface area contributed by atoms with Crippen LogP contribution in [-0.4, -0.2) is 25.3 Å². The van der Waals surface area contributed by atoms with E-state index in [2.05, 4.69) is 82.5 Å². The van der Waals surface area contributed by atoms with Crippen molar-refractivity contribution in [1.82, 2.24) is 0 Å². The zero-order valence-corrected chi connectivity index (χ0v) is 13.5. The van der Waals surface area contributed by atoms with Gasteiger partial charge in [-0.3, -0.25) is 0 Å². The van der Waals surface area contributed by atoms with Gasteiger partial charge in [0, 0.05) is 37.8 Å². The molecule has 2 aromatic carbocycles. The number of para-hydroxylation sites is 2. The lowest BCUT2D eigenvalue weighted by molar-refractivity contribution is 1.04. The fourth-order valence-electron chi connectivity index (χ4n) is 3.40. The average Bonchev–Trinajstić information content (AvgIpc) is 3.10. The highest BCUT2D eigenvalue weighted by Gasteiger charge is 2.25. The van der Waals surface area contributed by atoms with Crippen LogP contribution in [0.25, 0.3) is 0 Å². The number of hydrogen-bond acceptors (Lipinski definition) is 2. The number of rotatable bonds is 2. The second-order valence-corrected chi connectivity index (χ2v) is 5.95. The molecule has 2 aliphatic heterocycles. The molecule has 2 heterocycles. The van der Waals surface area contributed by atoms with E-state index in [9.17, 15) is 0 Å². The molecule has 0 saturated heterocycles. The van der Waals surface area contributed by atoms with Gasteiger partial charge in [-0.25, -0.2) is 0 Å². The van der Waals surface area contributed by atoms with Crippen molar-refractivity contribution in [2.45, 2.75) is 19.8 Å². The molecule has 0 aliphatic carbocycles. The van der Waals surface area contributed by atoms with E-state index < -0.39 is 0 Å².